The van der Waals surface area contributed by atoms with E-state index in [0.717, 1.165) is 16.8 Å². The number of aromatic nitrogens is 1. The molecule has 2 N–H and O–H groups in total. The molecule has 0 saturated carbocycles. The maximum atomic E-state index is 11.7. The van der Waals surface area contributed by atoms with Crippen LogP contribution in [0.15, 0.2) is 46.6 Å². The lowest BCUT2D eigenvalue weighted by Crippen LogP contribution is -2.14. The zero-order chi connectivity index (χ0) is 12.4. The van der Waals surface area contributed by atoms with Crippen LogP contribution in [0, 0.1) is 0 Å². The Morgan fingerprint density at radius 1 is 1.53 bits per heavy atom. The molecule has 3 nitrogen and oxygen atoms in total. The van der Waals surface area contributed by atoms with E-state index in [1.807, 2.05) is 36.6 Å². The maximum absolute atomic E-state index is 11.7. The number of thiazole rings is 1. The number of hydrogen-bond donors (Lipinski definition) is 1. The molecule has 0 aliphatic heterocycles. The van der Waals surface area contributed by atoms with Gasteiger partial charge in [-0.3, -0.25) is 9.36 Å². The van der Waals surface area contributed by atoms with E-state index in [1.165, 1.54) is 11.3 Å². The number of nitrogens with two attached hydrogens (primary N) is 1. The second-order valence-corrected chi connectivity index (χ2v) is 4.88. The minimum atomic E-state index is 0.0328. The van der Waals surface area contributed by atoms with Gasteiger partial charge < -0.3 is 5.73 Å². The van der Waals surface area contributed by atoms with Gasteiger partial charge in [-0.2, -0.15) is 0 Å². The average molecular weight is 246 g/mol. The molecule has 0 radical (unpaired) electrons. The van der Waals surface area contributed by atoms with Gasteiger partial charge in [-0.1, -0.05) is 35.6 Å². The highest BCUT2D eigenvalue weighted by Crippen LogP contribution is 2.22. The Kier molecular flexibility index (Phi) is 3.15. The Labute approximate surface area is 104 Å². The summed E-state index contributed by atoms with van der Waals surface area (Å²) in [7, 11) is 0. The fraction of sp³-hybridized carbons (Fsp3) is 0.154. The number of nitrogens with zero attached hydrogens (tertiary/aromatic N) is 1. The van der Waals surface area contributed by atoms with Crippen molar-refractivity contribution in [3.8, 4) is 11.3 Å². The summed E-state index contributed by atoms with van der Waals surface area (Å²) in [6, 6.07) is 7.54. The minimum Gasteiger partial charge on any atom is -0.399 e. The first-order valence-electron chi connectivity index (χ1n) is 5.26. The lowest BCUT2D eigenvalue weighted by Gasteiger charge is -2.07. The van der Waals surface area contributed by atoms with Crippen molar-refractivity contribution in [3.63, 3.8) is 0 Å². The van der Waals surface area contributed by atoms with Gasteiger partial charge in [-0.25, -0.2) is 0 Å². The minimum absolute atomic E-state index is 0.0328. The van der Waals surface area contributed by atoms with E-state index < -0.39 is 0 Å². The van der Waals surface area contributed by atoms with E-state index in [1.54, 1.807) is 4.57 Å². The molecule has 4 heteroatoms. The Morgan fingerprint density at radius 2 is 2.29 bits per heavy atom. The monoisotopic (exact) mass is 246 g/mol. The molecular weight excluding hydrogens is 232 g/mol. The number of benzene rings is 1. The van der Waals surface area contributed by atoms with E-state index in [-0.39, 0.29) is 4.87 Å². The van der Waals surface area contributed by atoms with Gasteiger partial charge in [-0.15, -0.1) is 0 Å². The molecule has 17 heavy (non-hydrogen) atoms. The third-order valence-corrected chi connectivity index (χ3v) is 3.16. The molecule has 0 amide bonds. The predicted molar refractivity (Wildman–Crippen MR) is 73.2 cm³/mol. The molecule has 0 aliphatic rings. The van der Waals surface area contributed by atoms with Crippen LogP contribution >= 0.6 is 11.3 Å². The smallest absolute Gasteiger partial charge is 0.307 e. The van der Waals surface area contributed by atoms with Crippen molar-refractivity contribution >= 4 is 17.0 Å². The fourth-order valence-corrected chi connectivity index (χ4v) is 2.44. The van der Waals surface area contributed by atoms with Crippen LogP contribution in [0.5, 0.6) is 0 Å². The summed E-state index contributed by atoms with van der Waals surface area (Å²) in [6.07, 6.45) is 0. The summed E-state index contributed by atoms with van der Waals surface area (Å²) in [5.74, 6) is 0. The molecule has 1 aromatic carbocycles. The van der Waals surface area contributed by atoms with Gasteiger partial charge in [0.15, 0.2) is 0 Å². The van der Waals surface area contributed by atoms with Crippen molar-refractivity contribution in [2.24, 2.45) is 0 Å². The van der Waals surface area contributed by atoms with Crippen LogP contribution in [-0.4, -0.2) is 4.57 Å². The third kappa shape index (κ3) is 2.47. The summed E-state index contributed by atoms with van der Waals surface area (Å²) in [6.45, 7) is 6.30. The number of anilines is 1. The molecule has 0 atom stereocenters. The van der Waals surface area contributed by atoms with Crippen molar-refractivity contribution < 1.29 is 0 Å². The molecule has 88 valence electrons. The first-order chi connectivity index (χ1) is 8.08. The molecule has 0 aliphatic carbocycles. The first-order valence-corrected chi connectivity index (χ1v) is 6.14. The van der Waals surface area contributed by atoms with Crippen molar-refractivity contribution in [2.75, 3.05) is 5.73 Å². The largest absolute Gasteiger partial charge is 0.399 e. The highest BCUT2D eigenvalue weighted by Gasteiger charge is 2.08. The van der Waals surface area contributed by atoms with Crippen LogP contribution in [0.2, 0.25) is 0 Å². The van der Waals surface area contributed by atoms with Gasteiger partial charge in [0.25, 0.3) is 0 Å². The van der Waals surface area contributed by atoms with Crippen LogP contribution < -0.4 is 10.6 Å². The van der Waals surface area contributed by atoms with Crippen molar-refractivity contribution in [2.45, 2.75) is 13.5 Å². The molecule has 0 fully saturated rings. The average Bonchev–Trinajstić information content (AvgIpc) is 2.60. The molecule has 1 heterocycles. The molecule has 0 spiro atoms. The molecule has 0 saturated heterocycles. The van der Waals surface area contributed by atoms with E-state index in [9.17, 15) is 4.79 Å². The summed E-state index contributed by atoms with van der Waals surface area (Å²) < 4.78 is 1.72. The van der Waals surface area contributed by atoms with Crippen LogP contribution in [0.4, 0.5) is 5.69 Å². The maximum Gasteiger partial charge on any atom is 0.307 e. The number of hydrogen-bond acceptors (Lipinski definition) is 3. The van der Waals surface area contributed by atoms with E-state index in [0.29, 0.717) is 12.2 Å². The Hall–Kier alpha value is -1.81. The van der Waals surface area contributed by atoms with Gasteiger partial charge in [-0.05, 0) is 19.1 Å². The van der Waals surface area contributed by atoms with Crippen LogP contribution in [0.3, 0.4) is 0 Å². The molecule has 2 aromatic rings. The van der Waals surface area contributed by atoms with Gasteiger partial charge in [0.05, 0.1) is 5.69 Å². The molecule has 2 rings (SSSR count). The second kappa shape index (κ2) is 4.59. The van der Waals surface area contributed by atoms with Crippen LogP contribution in [-0.2, 0) is 6.54 Å². The van der Waals surface area contributed by atoms with E-state index in [4.69, 9.17) is 5.73 Å². The van der Waals surface area contributed by atoms with Crippen molar-refractivity contribution in [3.05, 3.63) is 51.5 Å². The fourth-order valence-electron chi connectivity index (χ4n) is 1.67. The second-order valence-electron chi connectivity index (χ2n) is 4.06. The normalized spacial score (nSPS) is 10.4. The lowest BCUT2D eigenvalue weighted by molar-refractivity contribution is 0.780. The summed E-state index contributed by atoms with van der Waals surface area (Å²) in [4.78, 5) is 11.8. The van der Waals surface area contributed by atoms with Crippen LogP contribution in [0.25, 0.3) is 11.3 Å². The quantitative estimate of drug-likeness (QED) is 0.668. The lowest BCUT2D eigenvalue weighted by atomic mass is 10.1. The van der Waals surface area contributed by atoms with Crippen LogP contribution in [0.1, 0.15) is 6.92 Å². The molecule has 0 unspecified atom stereocenters. The summed E-state index contributed by atoms with van der Waals surface area (Å²) in [5.41, 5.74) is 9.27. The zero-order valence-corrected chi connectivity index (χ0v) is 10.5. The Balaban J connectivity index is 2.52. The Morgan fingerprint density at radius 3 is 2.94 bits per heavy atom. The van der Waals surface area contributed by atoms with Gasteiger partial charge >= 0.3 is 4.87 Å². The van der Waals surface area contributed by atoms with E-state index >= 15 is 0 Å². The highest BCUT2D eigenvalue weighted by atomic mass is 32.1. The molecule has 1 aromatic heterocycles. The number of rotatable bonds is 3. The molecule has 0 bridgehead atoms. The zero-order valence-electron chi connectivity index (χ0n) is 9.64. The standard InChI is InChI=1S/C13H14N2OS/c1-9(2)7-15-12(8-17-13(15)16)10-4-3-5-11(14)6-10/h3-6,8H,1,7,14H2,2H3. The number of nitrogen functional groups attached to an aromatic ring is 1. The van der Waals surface area contributed by atoms with Crippen molar-refractivity contribution in [1.82, 2.24) is 4.57 Å². The number of allylic oxidation sites excluding steroid dienone is 1. The summed E-state index contributed by atoms with van der Waals surface area (Å²) >= 11 is 1.20. The highest BCUT2D eigenvalue weighted by molar-refractivity contribution is 7.07. The van der Waals surface area contributed by atoms with Gasteiger partial charge in [0.2, 0.25) is 0 Å². The topological polar surface area (TPSA) is 48.0 Å². The van der Waals surface area contributed by atoms with Gasteiger partial charge in [0, 0.05) is 23.2 Å². The van der Waals surface area contributed by atoms with Crippen molar-refractivity contribution in [1.29, 1.82) is 0 Å². The molecular formula is C13H14N2OS. The van der Waals surface area contributed by atoms with Gasteiger partial charge in [0.1, 0.15) is 0 Å². The summed E-state index contributed by atoms with van der Waals surface area (Å²) in [5, 5.41) is 1.86. The Bertz CT molecular complexity index is 610. The third-order valence-electron chi connectivity index (χ3n) is 2.39. The SMILES string of the molecule is C=C(C)Cn1c(-c2cccc(N)c2)csc1=O. The predicted octanol–water partition coefficient (Wildman–Crippen LogP) is 2.74. The van der Waals surface area contributed by atoms with E-state index in [2.05, 4.69) is 6.58 Å². The first kappa shape index (κ1) is 11.7.